The lowest BCUT2D eigenvalue weighted by Crippen LogP contribution is -2.22. The molecule has 0 aromatic heterocycles. The molecule has 5 nitrogen and oxygen atoms in total. The number of benzene rings is 2. The highest BCUT2D eigenvalue weighted by molar-refractivity contribution is 5.97. The smallest absolute Gasteiger partial charge is 0.351 e. The first-order valence-electron chi connectivity index (χ1n) is 9.60. The van der Waals surface area contributed by atoms with Gasteiger partial charge in [0.2, 0.25) is 0 Å². The minimum atomic E-state index is -0.527. The van der Waals surface area contributed by atoms with Crippen LogP contribution < -0.4 is 18.9 Å². The number of esters is 1. The van der Waals surface area contributed by atoms with E-state index in [1.165, 1.54) is 14.2 Å². The Kier molecular flexibility index (Phi) is 6.51. The lowest BCUT2D eigenvalue weighted by Gasteiger charge is -2.30. The first-order valence-corrected chi connectivity index (χ1v) is 9.60. The van der Waals surface area contributed by atoms with Gasteiger partial charge in [0.25, 0.3) is 0 Å². The lowest BCUT2D eigenvalue weighted by molar-refractivity contribution is 0.0721. The van der Waals surface area contributed by atoms with Crippen LogP contribution in [-0.4, -0.2) is 27.3 Å². The molecule has 0 fully saturated rings. The molecule has 0 aliphatic carbocycles. The minimum Gasteiger partial charge on any atom is -0.497 e. The fourth-order valence-corrected chi connectivity index (χ4v) is 3.14. The van der Waals surface area contributed by atoms with Gasteiger partial charge in [-0.25, -0.2) is 4.79 Å². The molecule has 0 saturated carbocycles. The fraction of sp³-hybridized carbons (Fsp3) is 0.458. The van der Waals surface area contributed by atoms with Crippen LogP contribution >= 0.6 is 0 Å². The van der Waals surface area contributed by atoms with Gasteiger partial charge in [-0.05, 0) is 35.1 Å². The maximum absolute atomic E-state index is 13.3. The molecule has 0 aliphatic rings. The molecule has 2 aromatic rings. The average molecular weight is 401 g/mol. The third-order valence-electron chi connectivity index (χ3n) is 4.74. The summed E-state index contributed by atoms with van der Waals surface area (Å²) in [5.74, 6) is 1.55. The second kappa shape index (κ2) is 8.36. The molecule has 0 unspecified atom stereocenters. The molecular weight excluding hydrogens is 368 g/mol. The van der Waals surface area contributed by atoms with E-state index >= 15 is 0 Å². The Hall–Kier alpha value is -2.69. The van der Waals surface area contributed by atoms with E-state index in [0.29, 0.717) is 17.2 Å². The van der Waals surface area contributed by atoms with E-state index in [1.807, 2.05) is 12.1 Å². The molecule has 0 aliphatic heterocycles. The molecule has 29 heavy (non-hydrogen) atoms. The first kappa shape index (κ1) is 22.6. The Morgan fingerprint density at radius 2 is 1.21 bits per heavy atom. The zero-order chi connectivity index (χ0) is 22.0. The van der Waals surface area contributed by atoms with Gasteiger partial charge in [0.15, 0.2) is 0 Å². The Morgan fingerprint density at radius 3 is 1.55 bits per heavy atom. The number of ether oxygens (including phenoxy) is 4. The van der Waals surface area contributed by atoms with Crippen LogP contribution in [0.15, 0.2) is 30.3 Å². The van der Waals surface area contributed by atoms with Gasteiger partial charge >= 0.3 is 5.97 Å². The van der Waals surface area contributed by atoms with E-state index in [0.717, 1.165) is 16.9 Å². The second-order valence-electron chi connectivity index (χ2n) is 8.98. The van der Waals surface area contributed by atoms with E-state index < -0.39 is 5.97 Å². The molecule has 0 amide bonds. The van der Waals surface area contributed by atoms with Crippen LogP contribution in [0, 0.1) is 0 Å². The van der Waals surface area contributed by atoms with E-state index in [1.54, 1.807) is 25.3 Å². The maximum Gasteiger partial charge on any atom is 0.351 e. The molecule has 0 spiro atoms. The van der Waals surface area contributed by atoms with Crippen molar-refractivity contribution in [2.45, 2.75) is 52.4 Å². The van der Waals surface area contributed by atoms with Crippen LogP contribution in [0.3, 0.4) is 0 Å². The van der Waals surface area contributed by atoms with Crippen LogP contribution in [0.1, 0.15) is 63.0 Å². The van der Waals surface area contributed by atoms with Crippen LogP contribution in [-0.2, 0) is 10.8 Å². The molecule has 158 valence electrons. The minimum absolute atomic E-state index is 0.257. The van der Waals surface area contributed by atoms with Crippen molar-refractivity contribution < 1.29 is 23.7 Å². The summed E-state index contributed by atoms with van der Waals surface area (Å²) in [5, 5.41) is 0. The number of hydrogen-bond acceptors (Lipinski definition) is 5. The molecule has 0 radical (unpaired) electrons. The summed E-state index contributed by atoms with van der Waals surface area (Å²) in [6.45, 7) is 12.5. The maximum atomic E-state index is 13.3. The van der Waals surface area contributed by atoms with Crippen molar-refractivity contribution in [2.75, 3.05) is 21.3 Å². The summed E-state index contributed by atoms with van der Waals surface area (Å²) in [7, 11) is 4.67. The number of rotatable bonds is 5. The number of carbonyl (C=O) groups is 1. The predicted octanol–water partition coefficient (Wildman–Crippen LogP) is 5.53. The standard InChI is InChI=1S/C24H32O5/c1-23(2,3)16-13-15(26-7)14-17(24(4,5)6)21(16)29-22(25)20-18(27-8)11-10-12-19(20)28-9/h10-14H,1-9H3. The SMILES string of the molecule is COc1cc(C(C)(C)C)c(OC(=O)c2c(OC)cccc2OC)c(C(C)(C)C)c1. The van der Waals surface area contributed by atoms with E-state index in [-0.39, 0.29) is 16.4 Å². The molecule has 5 heteroatoms. The molecule has 0 heterocycles. The van der Waals surface area contributed by atoms with E-state index in [9.17, 15) is 4.79 Å². The molecule has 0 N–H and O–H groups in total. The van der Waals surface area contributed by atoms with Gasteiger partial charge in [-0.1, -0.05) is 47.6 Å². The van der Waals surface area contributed by atoms with Crippen molar-refractivity contribution in [3.05, 3.63) is 47.0 Å². The second-order valence-corrected chi connectivity index (χ2v) is 8.98. The first-order chi connectivity index (χ1) is 13.4. The van der Waals surface area contributed by atoms with Gasteiger partial charge in [0, 0.05) is 11.1 Å². The largest absolute Gasteiger partial charge is 0.497 e. The highest BCUT2D eigenvalue weighted by atomic mass is 16.5. The Balaban J connectivity index is 2.71. The van der Waals surface area contributed by atoms with Crippen molar-refractivity contribution in [2.24, 2.45) is 0 Å². The predicted molar refractivity (Wildman–Crippen MR) is 115 cm³/mol. The average Bonchev–Trinajstić information content (AvgIpc) is 2.65. The van der Waals surface area contributed by atoms with Crippen molar-refractivity contribution in [1.82, 2.24) is 0 Å². The highest BCUT2D eigenvalue weighted by Crippen LogP contribution is 2.43. The zero-order valence-electron chi connectivity index (χ0n) is 18.9. The van der Waals surface area contributed by atoms with Gasteiger partial charge in [-0.3, -0.25) is 0 Å². The third kappa shape index (κ3) is 4.84. The molecule has 0 saturated heterocycles. The van der Waals surface area contributed by atoms with Crippen LogP contribution in [0.2, 0.25) is 0 Å². The van der Waals surface area contributed by atoms with E-state index in [4.69, 9.17) is 18.9 Å². The summed E-state index contributed by atoms with van der Waals surface area (Å²) < 4.78 is 22.3. The molecule has 0 bridgehead atoms. The molecule has 2 aromatic carbocycles. The number of hydrogen-bond donors (Lipinski definition) is 0. The summed E-state index contributed by atoms with van der Waals surface area (Å²) >= 11 is 0. The fourth-order valence-electron chi connectivity index (χ4n) is 3.14. The monoisotopic (exact) mass is 400 g/mol. The van der Waals surface area contributed by atoms with Gasteiger partial charge in [0.1, 0.15) is 28.6 Å². The molecular formula is C24H32O5. The summed E-state index contributed by atoms with van der Waals surface area (Å²) in [4.78, 5) is 13.3. The van der Waals surface area contributed by atoms with Gasteiger partial charge < -0.3 is 18.9 Å². The summed E-state index contributed by atoms with van der Waals surface area (Å²) in [6.07, 6.45) is 0. The highest BCUT2D eigenvalue weighted by Gasteiger charge is 2.31. The Bertz CT molecular complexity index is 828. The Labute approximate surface area is 173 Å². The topological polar surface area (TPSA) is 54.0 Å². The van der Waals surface area contributed by atoms with Crippen molar-refractivity contribution in [3.63, 3.8) is 0 Å². The summed E-state index contributed by atoms with van der Waals surface area (Å²) in [5.41, 5.74) is 1.50. The Morgan fingerprint density at radius 1 is 0.759 bits per heavy atom. The molecule has 0 atom stereocenters. The summed E-state index contributed by atoms with van der Waals surface area (Å²) in [6, 6.07) is 9.04. The quantitative estimate of drug-likeness (QED) is 0.488. The third-order valence-corrected chi connectivity index (χ3v) is 4.74. The van der Waals surface area contributed by atoms with Crippen molar-refractivity contribution in [1.29, 1.82) is 0 Å². The van der Waals surface area contributed by atoms with Crippen LogP contribution in [0.25, 0.3) is 0 Å². The van der Waals surface area contributed by atoms with Crippen molar-refractivity contribution in [3.8, 4) is 23.0 Å². The lowest BCUT2D eigenvalue weighted by atomic mass is 9.79. The van der Waals surface area contributed by atoms with Crippen molar-refractivity contribution >= 4 is 5.97 Å². The normalized spacial score (nSPS) is 11.8. The van der Waals surface area contributed by atoms with E-state index in [2.05, 4.69) is 41.5 Å². The van der Waals surface area contributed by atoms with Gasteiger partial charge in [0.05, 0.1) is 21.3 Å². The zero-order valence-corrected chi connectivity index (χ0v) is 18.9. The van der Waals surface area contributed by atoms with Crippen LogP contribution in [0.4, 0.5) is 0 Å². The number of methoxy groups -OCH3 is 3. The number of carbonyl (C=O) groups excluding carboxylic acids is 1. The van der Waals surface area contributed by atoms with Gasteiger partial charge in [-0.15, -0.1) is 0 Å². The van der Waals surface area contributed by atoms with Crippen LogP contribution in [0.5, 0.6) is 23.0 Å². The van der Waals surface area contributed by atoms with Gasteiger partial charge in [-0.2, -0.15) is 0 Å². The molecule has 2 rings (SSSR count).